The lowest BCUT2D eigenvalue weighted by Gasteiger charge is -2.22. The van der Waals surface area contributed by atoms with E-state index in [1.165, 1.54) is 18.9 Å². The SMILES string of the molecule is CCOCC(=O)N(C)c1cccc(NC(C)=O)c1C(=O)OCC. The molecule has 0 saturated heterocycles. The number of carbonyl (C=O) groups excluding carboxylic acids is 3. The lowest BCUT2D eigenvalue weighted by atomic mass is 10.1. The van der Waals surface area contributed by atoms with E-state index in [1.807, 2.05) is 0 Å². The van der Waals surface area contributed by atoms with Gasteiger partial charge in [-0.2, -0.15) is 0 Å². The molecule has 0 atom stereocenters. The molecule has 0 heterocycles. The highest BCUT2D eigenvalue weighted by Crippen LogP contribution is 2.28. The Labute approximate surface area is 135 Å². The molecule has 0 aliphatic heterocycles. The molecular formula is C16H22N2O5. The predicted molar refractivity (Wildman–Crippen MR) is 86.6 cm³/mol. The Morgan fingerprint density at radius 2 is 1.87 bits per heavy atom. The third kappa shape index (κ3) is 5.07. The summed E-state index contributed by atoms with van der Waals surface area (Å²) in [5.41, 5.74) is 0.779. The topological polar surface area (TPSA) is 84.9 Å². The second-order valence-corrected chi connectivity index (χ2v) is 4.69. The van der Waals surface area contributed by atoms with E-state index in [0.29, 0.717) is 18.0 Å². The Bertz CT molecular complexity index is 586. The van der Waals surface area contributed by atoms with Crippen LogP contribution in [-0.4, -0.2) is 44.7 Å². The summed E-state index contributed by atoms with van der Waals surface area (Å²) in [7, 11) is 1.54. The quantitative estimate of drug-likeness (QED) is 0.774. The highest BCUT2D eigenvalue weighted by atomic mass is 16.5. The molecule has 126 valence electrons. The van der Waals surface area contributed by atoms with E-state index in [0.717, 1.165) is 0 Å². The maximum absolute atomic E-state index is 12.3. The Morgan fingerprint density at radius 3 is 2.43 bits per heavy atom. The smallest absolute Gasteiger partial charge is 0.342 e. The van der Waals surface area contributed by atoms with Crippen LogP contribution >= 0.6 is 0 Å². The number of ether oxygens (including phenoxy) is 2. The van der Waals surface area contributed by atoms with Crippen molar-refractivity contribution in [3.63, 3.8) is 0 Å². The van der Waals surface area contributed by atoms with Crippen LogP contribution < -0.4 is 10.2 Å². The van der Waals surface area contributed by atoms with Crippen LogP contribution in [0.4, 0.5) is 11.4 Å². The largest absolute Gasteiger partial charge is 0.462 e. The highest BCUT2D eigenvalue weighted by molar-refractivity contribution is 6.08. The number of benzene rings is 1. The Hall–Kier alpha value is -2.41. The van der Waals surface area contributed by atoms with E-state index in [1.54, 1.807) is 32.0 Å². The zero-order valence-corrected chi connectivity index (χ0v) is 13.8. The van der Waals surface area contributed by atoms with Gasteiger partial charge in [0.05, 0.1) is 18.0 Å². The van der Waals surface area contributed by atoms with Crippen LogP contribution in [0.25, 0.3) is 0 Å². The maximum Gasteiger partial charge on any atom is 0.342 e. The summed E-state index contributed by atoms with van der Waals surface area (Å²) >= 11 is 0. The van der Waals surface area contributed by atoms with Gasteiger partial charge in [0.15, 0.2) is 0 Å². The molecule has 0 radical (unpaired) electrons. The third-order valence-corrected chi connectivity index (χ3v) is 3.00. The summed E-state index contributed by atoms with van der Waals surface area (Å²) in [6, 6.07) is 4.84. The van der Waals surface area contributed by atoms with E-state index in [2.05, 4.69) is 5.32 Å². The van der Waals surface area contributed by atoms with E-state index in [4.69, 9.17) is 9.47 Å². The molecule has 0 aromatic heterocycles. The van der Waals surface area contributed by atoms with Gasteiger partial charge in [0.2, 0.25) is 5.91 Å². The summed E-state index contributed by atoms with van der Waals surface area (Å²) in [5.74, 6) is -1.24. The van der Waals surface area contributed by atoms with Gasteiger partial charge in [-0.05, 0) is 26.0 Å². The minimum absolute atomic E-state index is 0.0976. The molecule has 1 N–H and O–H groups in total. The molecule has 0 spiro atoms. The van der Waals surface area contributed by atoms with Gasteiger partial charge in [0.25, 0.3) is 5.91 Å². The number of carbonyl (C=O) groups is 3. The summed E-state index contributed by atoms with van der Waals surface area (Å²) < 4.78 is 10.1. The fourth-order valence-electron chi connectivity index (χ4n) is 1.95. The third-order valence-electron chi connectivity index (χ3n) is 3.00. The van der Waals surface area contributed by atoms with E-state index < -0.39 is 5.97 Å². The van der Waals surface area contributed by atoms with Crippen molar-refractivity contribution in [3.8, 4) is 0 Å². The molecule has 7 nitrogen and oxygen atoms in total. The van der Waals surface area contributed by atoms with E-state index in [9.17, 15) is 14.4 Å². The Balaban J connectivity index is 3.26. The zero-order chi connectivity index (χ0) is 17.4. The Morgan fingerprint density at radius 1 is 1.17 bits per heavy atom. The van der Waals surface area contributed by atoms with Crippen LogP contribution in [0, 0.1) is 0 Å². The molecule has 7 heteroatoms. The highest BCUT2D eigenvalue weighted by Gasteiger charge is 2.23. The number of esters is 1. The van der Waals surface area contributed by atoms with Crippen LogP contribution in [0.1, 0.15) is 31.1 Å². The van der Waals surface area contributed by atoms with E-state index >= 15 is 0 Å². The van der Waals surface area contributed by atoms with Gasteiger partial charge in [0, 0.05) is 20.6 Å². The number of anilines is 2. The normalized spacial score (nSPS) is 10.1. The standard InChI is InChI=1S/C16H22N2O5/c1-5-22-10-14(20)18(4)13-9-7-8-12(17-11(3)19)15(13)16(21)23-6-2/h7-9H,5-6,10H2,1-4H3,(H,17,19). The minimum atomic E-state index is -0.608. The first-order chi connectivity index (χ1) is 10.9. The lowest BCUT2D eigenvalue weighted by Crippen LogP contribution is -2.32. The second kappa shape index (κ2) is 8.89. The minimum Gasteiger partial charge on any atom is -0.462 e. The number of hydrogen-bond donors (Lipinski definition) is 1. The van der Waals surface area contributed by atoms with Crippen molar-refractivity contribution in [1.29, 1.82) is 0 Å². The van der Waals surface area contributed by atoms with Crippen molar-refractivity contribution in [2.45, 2.75) is 20.8 Å². The zero-order valence-electron chi connectivity index (χ0n) is 13.8. The predicted octanol–water partition coefficient (Wildman–Crippen LogP) is 1.82. The van der Waals surface area contributed by atoms with Crippen molar-refractivity contribution >= 4 is 29.2 Å². The van der Waals surface area contributed by atoms with Crippen molar-refractivity contribution in [3.05, 3.63) is 23.8 Å². The Kier molecular flexibility index (Phi) is 7.21. The summed E-state index contributed by atoms with van der Waals surface area (Å²) in [6.45, 7) is 5.31. The molecule has 0 fully saturated rings. The first kappa shape index (κ1) is 18.6. The van der Waals surface area contributed by atoms with Crippen LogP contribution in [-0.2, 0) is 19.1 Å². The molecular weight excluding hydrogens is 300 g/mol. The molecule has 0 bridgehead atoms. The molecule has 1 aromatic rings. The van der Waals surface area contributed by atoms with Crippen molar-refractivity contribution in [1.82, 2.24) is 0 Å². The summed E-state index contributed by atoms with van der Waals surface area (Å²) in [6.07, 6.45) is 0. The van der Waals surface area contributed by atoms with E-state index in [-0.39, 0.29) is 30.6 Å². The lowest BCUT2D eigenvalue weighted by molar-refractivity contribution is -0.122. The fraction of sp³-hybridized carbons (Fsp3) is 0.438. The summed E-state index contributed by atoms with van der Waals surface area (Å²) in [4.78, 5) is 37.0. The first-order valence-electron chi connectivity index (χ1n) is 7.34. The van der Waals surface area contributed by atoms with Crippen LogP contribution in [0.15, 0.2) is 18.2 Å². The first-order valence-corrected chi connectivity index (χ1v) is 7.34. The molecule has 1 aromatic carbocycles. The molecule has 0 aliphatic carbocycles. The molecule has 0 unspecified atom stereocenters. The molecule has 23 heavy (non-hydrogen) atoms. The number of likely N-dealkylation sites (N-methyl/N-ethyl adjacent to an activating group) is 1. The summed E-state index contributed by atoms with van der Waals surface area (Å²) in [5, 5.41) is 2.58. The fourth-order valence-corrected chi connectivity index (χ4v) is 1.95. The van der Waals surface area contributed by atoms with Gasteiger partial charge in [-0.1, -0.05) is 6.07 Å². The van der Waals surface area contributed by atoms with Gasteiger partial charge < -0.3 is 19.7 Å². The number of nitrogens with zero attached hydrogens (tertiary/aromatic N) is 1. The van der Waals surface area contributed by atoms with Crippen molar-refractivity contribution in [2.24, 2.45) is 0 Å². The van der Waals surface area contributed by atoms with Gasteiger partial charge in [-0.3, -0.25) is 9.59 Å². The van der Waals surface area contributed by atoms with Gasteiger partial charge in [-0.25, -0.2) is 4.79 Å². The van der Waals surface area contributed by atoms with Crippen LogP contribution in [0.2, 0.25) is 0 Å². The van der Waals surface area contributed by atoms with Gasteiger partial charge >= 0.3 is 5.97 Å². The van der Waals surface area contributed by atoms with Crippen LogP contribution in [0.3, 0.4) is 0 Å². The average Bonchev–Trinajstić information content (AvgIpc) is 2.51. The van der Waals surface area contributed by atoms with Gasteiger partial charge in [-0.15, -0.1) is 0 Å². The van der Waals surface area contributed by atoms with Crippen molar-refractivity contribution < 1.29 is 23.9 Å². The maximum atomic E-state index is 12.3. The number of nitrogens with one attached hydrogen (secondary N) is 1. The number of amides is 2. The monoisotopic (exact) mass is 322 g/mol. The number of hydrogen-bond acceptors (Lipinski definition) is 5. The number of rotatable bonds is 7. The molecule has 0 saturated carbocycles. The second-order valence-electron chi connectivity index (χ2n) is 4.69. The molecule has 1 rings (SSSR count). The molecule has 2 amide bonds. The average molecular weight is 322 g/mol. The van der Waals surface area contributed by atoms with Gasteiger partial charge in [0.1, 0.15) is 12.2 Å². The van der Waals surface area contributed by atoms with Crippen molar-refractivity contribution in [2.75, 3.05) is 37.1 Å². The molecule has 0 aliphatic rings. The van der Waals surface area contributed by atoms with Crippen LogP contribution in [0.5, 0.6) is 0 Å².